The first-order valence-corrected chi connectivity index (χ1v) is 11.9. The monoisotopic (exact) mass is 454 g/mol. The van der Waals surface area contributed by atoms with Crippen molar-refractivity contribution in [3.8, 4) is 0 Å². The molecule has 0 saturated heterocycles. The maximum absolute atomic E-state index is 13.3. The van der Waals surface area contributed by atoms with E-state index < -0.39 is 10.0 Å². The van der Waals surface area contributed by atoms with Crippen LogP contribution in [0.25, 0.3) is 0 Å². The Morgan fingerprint density at radius 3 is 2.48 bits per heavy atom. The lowest BCUT2D eigenvalue weighted by atomic mass is 10.1. The lowest BCUT2D eigenvalue weighted by Crippen LogP contribution is -2.37. The third-order valence-corrected chi connectivity index (χ3v) is 7.36. The fourth-order valence-electron chi connectivity index (χ4n) is 3.80. The molecule has 0 radical (unpaired) electrons. The summed E-state index contributed by atoms with van der Waals surface area (Å²) in [6.45, 7) is -0.228. The van der Waals surface area contributed by atoms with Gasteiger partial charge in [0, 0.05) is 17.3 Å². The molecule has 3 aromatic rings. The van der Waals surface area contributed by atoms with Gasteiger partial charge in [-0.25, -0.2) is 8.42 Å². The number of fused-ring (bicyclic) bond motifs is 1. The molecule has 0 bridgehead atoms. The molecule has 1 aliphatic carbocycles. The van der Waals surface area contributed by atoms with E-state index in [-0.39, 0.29) is 23.9 Å². The fraction of sp³-hybridized carbons (Fsp3) is 0.208. The van der Waals surface area contributed by atoms with E-state index in [1.54, 1.807) is 12.1 Å². The Hall–Kier alpha value is -2.67. The highest BCUT2D eigenvalue weighted by Crippen LogP contribution is 2.25. The lowest BCUT2D eigenvalue weighted by molar-refractivity contribution is -0.116. The Labute approximate surface area is 187 Å². The summed E-state index contributed by atoms with van der Waals surface area (Å²) in [5.41, 5.74) is 4.03. The quantitative estimate of drug-likeness (QED) is 0.564. The maximum atomic E-state index is 13.3. The highest BCUT2D eigenvalue weighted by Gasteiger charge is 2.27. The number of anilines is 1. The van der Waals surface area contributed by atoms with E-state index >= 15 is 0 Å². The number of benzene rings is 3. The smallest absolute Gasteiger partial charge is 0.243 e. The van der Waals surface area contributed by atoms with Crippen LogP contribution in [-0.4, -0.2) is 25.2 Å². The van der Waals surface area contributed by atoms with Crippen LogP contribution in [0.4, 0.5) is 5.69 Å². The van der Waals surface area contributed by atoms with Crippen molar-refractivity contribution >= 4 is 33.2 Å². The Kier molecular flexibility index (Phi) is 6.41. The first-order chi connectivity index (χ1) is 14.9. The number of nitrogens with one attached hydrogen (secondary N) is 1. The highest BCUT2D eigenvalue weighted by molar-refractivity contribution is 7.89. The summed E-state index contributed by atoms with van der Waals surface area (Å²) in [5, 5.41) is 3.17. The number of rotatable bonds is 7. The first kappa shape index (κ1) is 21.6. The van der Waals surface area contributed by atoms with Crippen molar-refractivity contribution < 1.29 is 13.2 Å². The van der Waals surface area contributed by atoms with Crippen LogP contribution >= 0.6 is 11.6 Å². The largest absolute Gasteiger partial charge is 0.325 e. The number of hydrogen-bond donors (Lipinski definition) is 1. The first-order valence-electron chi connectivity index (χ1n) is 10.1. The molecule has 0 heterocycles. The lowest BCUT2D eigenvalue weighted by Gasteiger charge is -2.22. The van der Waals surface area contributed by atoms with Crippen LogP contribution in [0.2, 0.25) is 5.02 Å². The summed E-state index contributed by atoms with van der Waals surface area (Å²) in [6, 6.07) is 21.2. The summed E-state index contributed by atoms with van der Waals surface area (Å²) in [4.78, 5) is 12.9. The normalized spacial score (nSPS) is 13.2. The van der Waals surface area contributed by atoms with E-state index in [4.69, 9.17) is 11.6 Å². The van der Waals surface area contributed by atoms with Gasteiger partial charge in [0.25, 0.3) is 0 Å². The minimum atomic E-state index is -3.93. The third kappa shape index (κ3) is 5.15. The van der Waals surface area contributed by atoms with Gasteiger partial charge in [0.1, 0.15) is 0 Å². The van der Waals surface area contributed by atoms with E-state index in [1.807, 2.05) is 48.5 Å². The van der Waals surface area contributed by atoms with E-state index in [0.717, 1.165) is 24.8 Å². The third-order valence-electron chi connectivity index (χ3n) is 5.34. The van der Waals surface area contributed by atoms with Crippen molar-refractivity contribution in [2.45, 2.75) is 30.7 Å². The van der Waals surface area contributed by atoms with Crippen LogP contribution in [0, 0.1) is 0 Å². The SMILES string of the molecule is O=C(CN(Cc1ccccc1)S(=O)(=O)c1cccc(Cl)c1)Nc1ccc2c(c1)CCC2. The Morgan fingerprint density at radius 2 is 1.71 bits per heavy atom. The van der Waals surface area contributed by atoms with Crippen LogP contribution < -0.4 is 5.32 Å². The van der Waals surface area contributed by atoms with Gasteiger partial charge in [0.15, 0.2) is 0 Å². The van der Waals surface area contributed by atoms with Gasteiger partial charge in [0.05, 0.1) is 11.4 Å². The Bertz CT molecular complexity index is 1200. The van der Waals surface area contributed by atoms with Crippen LogP contribution in [-0.2, 0) is 34.2 Å². The molecular weight excluding hydrogens is 432 g/mol. The predicted molar refractivity (Wildman–Crippen MR) is 123 cm³/mol. The molecule has 0 saturated carbocycles. The Balaban J connectivity index is 1.57. The van der Waals surface area contributed by atoms with E-state index in [9.17, 15) is 13.2 Å². The zero-order chi connectivity index (χ0) is 21.8. The average Bonchev–Trinajstić information content (AvgIpc) is 3.22. The molecule has 160 valence electrons. The second kappa shape index (κ2) is 9.22. The minimum absolute atomic E-state index is 0.0567. The number of amides is 1. The fourth-order valence-corrected chi connectivity index (χ4v) is 5.49. The molecule has 31 heavy (non-hydrogen) atoms. The summed E-state index contributed by atoms with van der Waals surface area (Å²) in [6.07, 6.45) is 3.18. The van der Waals surface area contributed by atoms with E-state index in [2.05, 4.69) is 5.32 Å². The zero-order valence-corrected chi connectivity index (χ0v) is 18.5. The second-order valence-corrected chi connectivity index (χ2v) is 9.98. The number of sulfonamides is 1. The molecule has 7 heteroatoms. The molecule has 1 amide bonds. The number of hydrogen-bond acceptors (Lipinski definition) is 3. The van der Waals surface area contributed by atoms with Gasteiger partial charge < -0.3 is 5.32 Å². The van der Waals surface area contributed by atoms with Gasteiger partial charge in [-0.1, -0.05) is 54.1 Å². The van der Waals surface area contributed by atoms with Crippen molar-refractivity contribution in [2.24, 2.45) is 0 Å². The topological polar surface area (TPSA) is 66.5 Å². The van der Waals surface area contributed by atoms with Crippen molar-refractivity contribution in [1.82, 2.24) is 4.31 Å². The Morgan fingerprint density at radius 1 is 0.935 bits per heavy atom. The number of carbonyl (C=O) groups excluding carboxylic acids is 1. The van der Waals surface area contributed by atoms with Gasteiger partial charge >= 0.3 is 0 Å². The van der Waals surface area contributed by atoms with E-state index in [1.165, 1.54) is 27.6 Å². The van der Waals surface area contributed by atoms with Gasteiger partial charge in [-0.15, -0.1) is 0 Å². The van der Waals surface area contributed by atoms with Crippen molar-refractivity contribution in [3.05, 3.63) is 94.5 Å². The summed E-state index contributed by atoms with van der Waals surface area (Å²) in [5.74, 6) is -0.389. The molecule has 0 aliphatic heterocycles. The number of halogens is 1. The molecule has 0 unspecified atom stereocenters. The molecule has 0 fully saturated rings. The van der Waals surface area contributed by atoms with Crippen LogP contribution in [0.5, 0.6) is 0 Å². The molecule has 1 N–H and O–H groups in total. The molecule has 0 aromatic heterocycles. The van der Waals surface area contributed by atoms with Gasteiger partial charge in [-0.3, -0.25) is 4.79 Å². The molecular formula is C24H23ClN2O3S. The molecule has 3 aromatic carbocycles. The second-order valence-electron chi connectivity index (χ2n) is 7.60. The van der Waals surface area contributed by atoms with Gasteiger partial charge in [0.2, 0.25) is 15.9 Å². The van der Waals surface area contributed by atoms with Gasteiger partial charge in [-0.2, -0.15) is 4.31 Å². The number of carbonyl (C=O) groups is 1. The van der Waals surface area contributed by atoms with Crippen molar-refractivity contribution in [3.63, 3.8) is 0 Å². The molecule has 1 aliphatic rings. The van der Waals surface area contributed by atoms with Crippen molar-refractivity contribution in [1.29, 1.82) is 0 Å². The van der Waals surface area contributed by atoms with Crippen LogP contribution in [0.15, 0.2) is 77.7 Å². The van der Waals surface area contributed by atoms with Gasteiger partial charge in [-0.05, 0) is 66.3 Å². The molecule has 5 nitrogen and oxygen atoms in total. The molecule has 4 rings (SSSR count). The summed E-state index contributed by atoms with van der Waals surface area (Å²) < 4.78 is 27.8. The standard InChI is InChI=1S/C24H23ClN2O3S/c25-21-10-5-11-23(15-21)31(29,30)27(16-18-6-2-1-3-7-18)17-24(28)26-22-13-12-19-8-4-9-20(19)14-22/h1-3,5-7,10-15H,4,8-9,16-17H2,(H,26,28). The molecule has 0 atom stereocenters. The maximum Gasteiger partial charge on any atom is 0.243 e. The number of nitrogens with zero attached hydrogens (tertiary/aromatic N) is 1. The predicted octanol–water partition coefficient (Wildman–Crippen LogP) is 4.66. The van der Waals surface area contributed by atoms with Crippen LogP contribution in [0.1, 0.15) is 23.1 Å². The zero-order valence-electron chi connectivity index (χ0n) is 16.9. The molecule has 0 spiro atoms. The van der Waals surface area contributed by atoms with Crippen LogP contribution in [0.3, 0.4) is 0 Å². The summed E-state index contributed by atoms with van der Waals surface area (Å²) >= 11 is 6.01. The number of aryl methyl sites for hydroxylation is 2. The average molecular weight is 455 g/mol. The van der Waals surface area contributed by atoms with Crippen molar-refractivity contribution in [2.75, 3.05) is 11.9 Å². The minimum Gasteiger partial charge on any atom is -0.325 e. The summed E-state index contributed by atoms with van der Waals surface area (Å²) in [7, 11) is -3.93. The van der Waals surface area contributed by atoms with E-state index in [0.29, 0.717) is 10.7 Å². The highest BCUT2D eigenvalue weighted by atomic mass is 35.5.